The number of amides is 2. The fraction of sp³-hybridized carbons (Fsp3) is 0.667. The number of benzene rings is 1. The number of ether oxygens (including phenoxy) is 2. The van der Waals surface area contributed by atoms with Gasteiger partial charge in [0.2, 0.25) is 12.7 Å². The monoisotopic (exact) mass is 517 g/mol. The zero-order valence-corrected chi connectivity index (χ0v) is 21.9. The Labute approximate surface area is 218 Å². The molecule has 3 unspecified atom stereocenters. The van der Waals surface area contributed by atoms with Crippen LogP contribution >= 0.6 is 0 Å². The Morgan fingerprint density at radius 1 is 1.16 bits per heavy atom. The number of carboxylic acid groups (broad SMARTS) is 1. The van der Waals surface area contributed by atoms with Gasteiger partial charge in [0.1, 0.15) is 0 Å². The van der Waals surface area contributed by atoms with Crippen molar-refractivity contribution >= 4 is 17.8 Å². The SMILES string of the molecule is CCCON(CCC)C(=O)CN1CC(c2ccc3c(c2)OCO3)C(C(=O)O)C1CCN1CCCCC1=O. The fourth-order valence-electron chi connectivity index (χ4n) is 5.64. The largest absolute Gasteiger partial charge is 0.481 e. The first-order chi connectivity index (χ1) is 17.9. The van der Waals surface area contributed by atoms with Crippen molar-refractivity contribution in [2.45, 2.75) is 64.3 Å². The summed E-state index contributed by atoms with van der Waals surface area (Å²) in [5, 5.41) is 11.8. The van der Waals surface area contributed by atoms with E-state index < -0.39 is 17.9 Å². The number of carbonyl (C=O) groups is 3. The van der Waals surface area contributed by atoms with Crippen LogP contribution in [0.3, 0.4) is 0 Å². The summed E-state index contributed by atoms with van der Waals surface area (Å²) in [4.78, 5) is 47.9. The second-order valence-corrected chi connectivity index (χ2v) is 10.0. The van der Waals surface area contributed by atoms with Gasteiger partial charge in [0.25, 0.3) is 5.91 Å². The molecule has 0 saturated carbocycles. The van der Waals surface area contributed by atoms with Gasteiger partial charge in [0.05, 0.1) is 19.1 Å². The van der Waals surface area contributed by atoms with Crippen LogP contribution in [0.4, 0.5) is 0 Å². The molecule has 10 nitrogen and oxygen atoms in total. The molecule has 2 amide bonds. The average Bonchev–Trinajstić information content (AvgIpc) is 3.50. The molecule has 3 aliphatic heterocycles. The lowest BCUT2D eigenvalue weighted by Crippen LogP contribution is -2.46. The van der Waals surface area contributed by atoms with Crippen LogP contribution in [0, 0.1) is 5.92 Å². The Morgan fingerprint density at radius 3 is 2.70 bits per heavy atom. The lowest BCUT2D eigenvalue weighted by atomic mass is 9.84. The highest BCUT2D eigenvalue weighted by Gasteiger charge is 2.47. The second kappa shape index (κ2) is 12.6. The summed E-state index contributed by atoms with van der Waals surface area (Å²) in [7, 11) is 0. The van der Waals surface area contributed by atoms with Crippen molar-refractivity contribution in [1.29, 1.82) is 0 Å². The zero-order valence-electron chi connectivity index (χ0n) is 21.9. The average molecular weight is 518 g/mol. The van der Waals surface area contributed by atoms with Crippen LogP contribution < -0.4 is 9.47 Å². The number of hydrogen-bond donors (Lipinski definition) is 1. The quantitative estimate of drug-likeness (QED) is 0.422. The molecule has 2 saturated heterocycles. The first-order valence-electron chi connectivity index (χ1n) is 13.5. The van der Waals surface area contributed by atoms with Crippen LogP contribution in [0.5, 0.6) is 11.5 Å². The number of aliphatic carboxylic acids is 1. The Kier molecular flexibility index (Phi) is 9.26. The molecule has 0 bridgehead atoms. The fourth-order valence-corrected chi connectivity index (χ4v) is 5.64. The third-order valence-electron chi connectivity index (χ3n) is 7.47. The summed E-state index contributed by atoms with van der Waals surface area (Å²) in [6.07, 6.45) is 4.43. The van der Waals surface area contributed by atoms with Gasteiger partial charge < -0.3 is 19.5 Å². The van der Waals surface area contributed by atoms with Gasteiger partial charge in [-0.05, 0) is 49.8 Å². The Balaban J connectivity index is 1.57. The number of carboxylic acids is 1. The second-order valence-electron chi connectivity index (χ2n) is 10.0. The molecule has 1 aromatic rings. The van der Waals surface area contributed by atoms with E-state index in [0.717, 1.165) is 31.2 Å². The molecule has 3 heterocycles. The van der Waals surface area contributed by atoms with Crippen LogP contribution in [0.25, 0.3) is 0 Å². The van der Waals surface area contributed by atoms with Crippen LogP contribution in [-0.4, -0.2) is 89.9 Å². The third kappa shape index (κ3) is 6.35. The minimum atomic E-state index is -0.903. The van der Waals surface area contributed by atoms with Gasteiger partial charge in [-0.3, -0.25) is 24.1 Å². The lowest BCUT2D eigenvalue weighted by molar-refractivity contribution is -0.188. The van der Waals surface area contributed by atoms with Crippen molar-refractivity contribution in [2.24, 2.45) is 5.92 Å². The Bertz CT molecular complexity index is 971. The van der Waals surface area contributed by atoms with Gasteiger partial charge in [-0.1, -0.05) is 19.9 Å². The summed E-state index contributed by atoms with van der Waals surface area (Å²) >= 11 is 0. The molecule has 204 valence electrons. The molecule has 0 radical (unpaired) electrons. The number of rotatable bonds is 12. The van der Waals surface area contributed by atoms with Crippen molar-refractivity contribution < 1.29 is 33.8 Å². The molecule has 3 aliphatic rings. The first kappa shape index (κ1) is 27.2. The smallest absolute Gasteiger partial charge is 0.308 e. The molecule has 10 heteroatoms. The number of hydroxylamine groups is 2. The van der Waals surface area contributed by atoms with E-state index in [1.54, 1.807) is 0 Å². The highest BCUT2D eigenvalue weighted by molar-refractivity contribution is 5.78. The summed E-state index contributed by atoms with van der Waals surface area (Å²) in [6.45, 7) is 6.70. The van der Waals surface area contributed by atoms with E-state index in [1.807, 2.05) is 41.8 Å². The number of hydrogen-bond acceptors (Lipinski definition) is 7. The molecule has 2 fully saturated rings. The van der Waals surface area contributed by atoms with E-state index in [0.29, 0.717) is 57.1 Å². The van der Waals surface area contributed by atoms with E-state index in [-0.39, 0.29) is 31.1 Å². The van der Waals surface area contributed by atoms with Gasteiger partial charge in [-0.2, -0.15) is 0 Å². The maximum Gasteiger partial charge on any atom is 0.308 e. The molecule has 0 aliphatic carbocycles. The Morgan fingerprint density at radius 2 is 1.97 bits per heavy atom. The van der Waals surface area contributed by atoms with Crippen LogP contribution in [0.15, 0.2) is 18.2 Å². The van der Waals surface area contributed by atoms with Crippen molar-refractivity contribution in [3.63, 3.8) is 0 Å². The number of piperidine rings is 1. The standard InChI is InChI=1S/C27H39N3O7/c1-3-11-30(37-14-4-2)25(32)17-29-16-20(19-8-9-22-23(15-19)36-18-35-22)26(27(33)34)21(29)10-13-28-12-6-5-7-24(28)31/h8-9,15,20-21,26H,3-7,10-14,16-18H2,1-2H3,(H,33,34). The van der Waals surface area contributed by atoms with E-state index in [9.17, 15) is 19.5 Å². The number of fused-ring (bicyclic) bond motifs is 1. The predicted molar refractivity (Wildman–Crippen MR) is 135 cm³/mol. The summed E-state index contributed by atoms with van der Waals surface area (Å²) in [6, 6.07) is 5.15. The van der Waals surface area contributed by atoms with Crippen molar-refractivity contribution in [3.05, 3.63) is 23.8 Å². The molecule has 1 N–H and O–H groups in total. The molecular weight excluding hydrogens is 478 g/mol. The van der Waals surface area contributed by atoms with Crippen LogP contribution in [0.1, 0.15) is 63.9 Å². The molecular formula is C27H39N3O7. The Hall–Kier alpha value is -2.85. The van der Waals surface area contributed by atoms with Crippen molar-refractivity contribution in [3.8, 4) is 11.5 Å². The van der Waals surface area contributed by atoms with Crippen molar-refractivity contribution in [2.75, 3.05) is 46.1 Å². The number of likely N-dealkylation sites (tertiary alicyclic amines) is 2. The topological polar surface area (TPSA) is 109 Å². The summed E-state index contributed by atoms with van der Waals surface area (Å²) in [5.41, 5.74) is 0.846. The predicted octanol–water partition coefficient (Wildman–Crippen LogP) is 2.87. The lowest BCUT2D eigenvalue weighted by Gasteiger charge is -2.32. The molecule has 37 heavy (non-hydrogen) atoms. The van der Waals surface area contributed by atoms with Gasteiger partial charge in [-0.15, -0.1) is 0 Å². The summed E-state index contributed by atoms with van der Waals surface area (Å²) < 4.78 is 11.0. The number of nitrogens with zero attached hydrogens (tertiary/aromatic N) is 3. The van der Waals surface area contributed by atoms with Gasteiger partial charge in [-0.25, -0.2) is 5.06 Å². The molecule has 4 rings (SSSR count). The maximum atomic E-state index is 13.3. The van der Waals surface area contributed by atoms with E-state index in [1.165, 1.54) is 5.06 Å². The molecule has 0 spiro atoms. The highest BCUT2D eigenvalue weighted by Crippen LogP contribution is 2.42. The minimum absolute atomic E-state index is 0.0627. The molecule has 3 atom stereocenters. The number of carbonyl (C=O) groups excluding carboxylic acids is 2. The molecule has 1 aromatic carbocycles. The summed E-state index contributed by atoms with van der Waals surface area (Å²) in [5.74, 6) is -0.779. The van der Waals surface area contributed by atoms with E-state index in [4.69, 9.17) is 14.3 Å². The highest BCUT2D eigenvalue weighted by atomic mass is 16.7. The van der Waals surface area contributed by atoms with Crippen molar-refractivity contribution in [1.82, 2.24) is 14.9 Å². The third-order valence-corrected chi connectivity index (χ3v) is 7.47. The zero-order chi connectivity index (χ0) is 26.4. The maximum absolute atomic E-state index is 13.3. The van der Waals surface area contributed by atoms with Gasteiger partial charge in [0.15, 0.2) is 11.5 Å². The first-order valence-corrected chi connectivity index (χ1v) is 13.5. The van der Waals surface area contributed by atoms with E-state index in [2.05, 4.69) is 0 Å². The van der Waals surface area contributed by atoms with Gasteiger partial charge >= 0.3 is 5.97 Å². The molecule has 0 aromatic heterocycles. The van der Waals surface area contributed by atoms with Gasteiger partial charge in [0, 0.05) is 44.6 Å². The minimum Gasteiger partial charge on any atom is -0.481 e. The van der Waals surface area contributed by atoms with Crippen LogP contribution in [-0.2, 0) is 19.2 Å². The normalized spacial score (nSPS) is 23.5. The van der Waals surface area contributed by atoms with E-state index >= 15 is 0 Å². The van der Waals surface area contributed by atoms with Crippen LogP contribution in [0.2, 0.25) is 0 Å².